The average molecular weight is 1010 g/mol. The van der Waals surface area contributed by atoms with Crippen LogP contribution >= 0.6 is 0 Å². The van der Waals surface area contributed by atoms with Crippen LogP contribution in [0.2, 0.25) is 0 Å². The molecule has 1 aliphatic rings. The lowest BCUT2D eigenvalue weighted by molar-refractivity contribution is -0.136. The summed E-state index contributed by atoms with van der Waals surface area (Å²) in [7, 11) is 0. The molecular formula is C48H91N13O10. The van der Waals surface area contributed by atoms with Crippen LogP contribution in [0.5, 0.6) is 0 Å². The number of aliphatic hydroxyl groups is 1. The number of nitrogens with one attached hydrogen (secondary N) is 9. The molecule has 0 aromatic rings. The molecule has 23 heteroatoms. The molecule has 71 heavy (non-hydrogen) atoms. The third-order valence-electron chi connectivity index (χ3n) is 11.7. The molecule has 0 aromatic carbocycles. The van der Waals surface area contributed by atoms with Crippen molar-refractivity contribution in [3.05, 3.63) is 0 Å². The van der Waals surface area contributed by atoms with Gasteiger partial charge in [0.1, 0.15) is 48.3 Å². The first-order chi connectivity index (χ1) is 33.5. The Morgan fingerprint density at radius 1 is 0.521 bits per heavy atom. The van der Waals surface area contributed by atoms with Crippen molar-refractivity contribution in [3.8, 4) is 0 Å². The van der Waals surface area contributed by atoms with Gasteiger partial charge in [0.05, 0.1) is 12.5 Å². The minimum absolute atomic E-state index is 0.0355. The fourth-order valence-electron chi connectivity index (χ4n) is 7.99. The van der Waals surface area contributed by atoms with E-state index < -0.39 is 108 Å². The van der Waals surface area contributed by atoms with E-state index in [0.29, 0.717) is 18.8 Å². The predicted octanol–water partition coefficient (Wildman–Crippen LogP) is -2.11. The highest BCUT2D eigenvalue weighted by Gasteiger charge is 2.35. The quantitative estimate of drug-likeness (QED) is 0.0461. The summed E-state index contributed by atoms with van der Waals surface area (Å²) < 4.78 is 0. The number of aliphatic hydroxyl groups excluding tert-OH is 1. The summed E-state index contributed by atoms with van der Waals surface area (Å²) in [5.41, 5.74) is 23.5. The van der Waals surface area contributed by atoms with Crippen LogP contribution in [-0.2, 0) is 43.2 Å². The molecule has 9 atom stereocenters. The number of hydrogen-bond donors (Lipinski definition) is 14. The van der Waals surface area contributed by atoms with Crippen LogP contribution in [0.4, 0.5) is 0 Å². The summed E-state index contributed by atoms with van der Waals surface area (Å²) in [6.45, 7) is 14.7. The van der Waals surface area contributed by atoms with Crippen molar-refractivity contribution in [2.45, 2.75) is 193 Å². The minimum atomic E-state index is -1.45. The van der Waals surface area contributed by atoms with Crippen molar-refractivity contribution in [2.24, 2.45) is 46.6 Å². The Morgan fingerprint density at radius 3 is 1.30 bits per heavy atom. The van der Waals surface area contributed by atoms with Crippen molar-refractivity contribution in [1.82, 2.24) is 47.9 Å². The van der Waals surface area contributed by atoms with Crippen LogP contribution in [-0.4, -0.2) is 145 Å². The molecule has 23 nitrogen and oxygen atoms in total. The maximum absolute atomic E-state index is 14.3. The van der Waals surface area contributed by atoms with E-state index in [1.807, 2.05) is 41.5 Å². The Morgan fingerprint density at radius 2 is 0.901 bits per heavy atom. The lowest BCUT2D eigenvalue weighted by Crippen LogP contribution is -2.60. The number of amides is 9. The fraction of sp³-hybridized carbons (Fsp3) is 0.812. The Labute approximate surface area is 420 Å². The number of carbonyl (C=O) groups excluding carboxylic acids is 9. The third kappa shape index (κ3) is 25.8. The molecule has 0 aromatic heterocycles. The van der Waals surface area contributed by atoms with Crippen molar-refractivity contribution in [2.75, 3.05) is 32.7 Å². The van der Waals surface area contributed by atoms with Crippen molar-refractivity contribution in [1.29, 1.82) is 0 Å². The number of unbranched alkanes of at least 4 members (excludes halogenated alkanes) is 1. The molecule has 18 N–H and O–H groups in total. The summed E-state index contributed by atoms with van der Waals surface area (Å²) in [5.74, 6) is -6.56. The molecule has 1 saturated heterocycles. The standard InChI is InChI=1S/C48H91N13O10/c1-27(2)11-9-10-12-31(62)26-40(63)54-32(13-18-49)42(65)58-36-17-22-53-41(64)37(23-28(3)4)59-44(67)34(15-20-51)55-43(66)33(14-19-50)57-47(70)38(24-29(5)6)61-48(71)39(25-30(7)8)60-45(68)35(16-21-52)56-46(36)69/h27-39,62H,9-26,49-52H2,1-8H3,(H,53,64)(H,54,63)(H,55,66)(H,56,69)(H,57,70)(H,58,65)(H,59,67)(H,60,68)(H,61,71). The Kier molecular flexibility index (Phi) is 31.0. The van der Waals surface area contributed by atoms with Crippen LogP contribution in [0.1, 0.15) is 139 Å². The van der Waals surface area contributed by atoms with E-state index in [1.54, 1.807) is 0 Å². The molecule has 1 rings (SSSR count). The van der Waals surface area contributed by atoms with Crippen LogP contribution in [0, 0.1) is 23.7 Å². The first kappa shape index (κ1) is 64.0. The van der Waals surface area contributed by atoms with E-state index in [1.165, 1.54) is 0 Å². The molecule has 0 radical (unpaired) electrons. The van der Waals surface area contributed by atoms with Crippen LogP contribution in [0.15, 0.2) is 0 Å². The second-order valence-corrected chi connectivity index (χ2v) is 20.4. The van der Waals surface area contributed by atoms with Crippen molar-refractivity contribution < 1.29 is 48.3 Å². The van der Waals surface area contributed by atoms with Crippen molar-refractivity contribution >= 4 is 53.2 Å². The number of nitrogens with two attached hydrogens (primary N) is 4. The van der Waals surface area contributed by atoms with E-state index in [0.717, 1.165) is 12.8 Å². The van der Waals surface area contributed by atoms with Gasteiger partial charge in [-0.3, -0.25) is 43.2 Å². The zero-order chi connectivity index (χ0) is 53.8. The van der Waals surface area contributed by atoms with Gasteiger partial charge in [0, 0.05) is 6.54 Å². The lowest BCUT2D eigenvalue weighted by atomic mass is 9.99. The highest BCUT2D eigenvalue weighted by Crippen LogP contribution is 2.14. The molecule has 1 fully saturated rings. The Hall–Kier alpha value is -4.97. The summed E-state index contributed by atoms with van der Waals surface area (Å²) >= 11 is 0. The molecule has 1 aliphatic heterocycles. The smallest absolute Gasteiger partial charge is 0.243 e. The average Bonchev–Trinajstić information content (AvgIpc) is 3.27. The van der Waals surface area contributed by atoms with E-state index in [-0.39, 0.29) is 108 Å². The highest BCUT2D eigenvalue weighted by molar-refractivity contribution is 5.98. The monoisotopic (exact) mass is 1010 g/mol. The second kappa shape index (κ2) is 34.4. The van der Waals surface area contributed by atoms with E-state index in [9.17, 15) is 48.3 Å². The zero-order valence-corrected chi connectivity index (χ0v) is 43.7. The first-order valence-corrected chi connectivity index (χ1v) is 25.6. The summed E-state index contributed by atoms with van der Waals surface area (Å²) in [5, 5.41) is 34.6. The molecule has 0 spiro atoms. The Bertz CT molecular complexity index is 1700. The van der Waals surface area contributed by atoms with Crippen LogP contribution < -0.4 is 70.8 Å². The highest BCUT2D eigenvalue weighted by atomic mass is 16.3. The maximum Gasteiger partial charge on any atom is 0.243 e. The van der Waals surface area contributed by atoms with Gasteiger partial charge >= 0.3 is 0 Å². The number of carbonyl (C=O) groups is 9. The largest absolute Gasteiger partial charge is 0.393 e. The van der Waals surface area contributed by atoms with Gasteiger partial charge in [-0.2, -0.15) is 0 Å². The van der Waals surface area contributed by atoms with E-state index in [2.05, 4.69) is 61.7 Å². The van der Waals surface area contributed by atoms with Gasteiger partial charge in [-0.25, -0.2) is 0 Å². The molecule has 0 bridgehead atoms. The zero-order valence-electron chi connectivity index (χ0n) is 43.7. The summed E-state index contributed by atoms with van der Waals surface area (Å²) in [6, 6.07) is -10.1. The second-order valence-electron chi connectivity index (χ2n) is 20.4. The van der Waals surface area contributed by atoms with E-state index in [4.69, 9.17) is 22.9 Å². The SMILES string of the molecule is CC(C)CCCCC(O)CC(=O)NC(CCN)C(=O)NC1CCNC(=O)C(CC(C)C)NC(=O)C(CCN)NC(=O)C(CCN)NC(=O)C(CC(C)C)NC(=O)C(CC(C)C)NC(=O)C(CCN)NC1=O. The van der Waals surface area contributed by atoms with Crippen LogP contribution in [0.25, 0.3) is 0 Å². The molecule has 408 valence electrons. The Balaban J connectivity index is 3.81. The topological polar surface area (TPSA) is 386 Å². The fourth-order valence-corrected chi connectivity index (χ4v) is 7.99. The van der Waals surface area contributed by atoms with Gasteiger partial charge in [-0.1, -0.05) is 74.7 Å². The normalized spacial score (nSPS) is 23.7. The van der Waals surface area contributed by atoms with Gasteiger partial charge in [0.15, 0.2) is 0 Å². The van der Waals surface area contributed by atoms with Gasteiger partial charge in [-0.15, -0.1) is 0 Å². The third-order valence-corrected chi connectivity index (χ3v) is 11.7. The van der Waals surface area contributed by atoms with Gasteiger partial charge < -0.3 is 75.9 Å². The van der Waals surface area contributed by atoms with Gasteiger partial charge in [0.25, 0.3) is 0 Å². The number of hydrogen-bond acceptors (Lipinski definition) is 14. The molecule has 1 heterocycles. The summed E-state index contributed by atoms with van der Waals surface area (Å²) in [6.07, 6.45) is 1.64. The molecule has 0 aliphatic carbocycles. The predicted molar refractivity (Wildman–Crippen MR) is 270 cm³/mol. The molecular weight excluding hydrogens is 919 g/mol. The van der Waals surface area contributed by atoms with E-state index >= 15 is 0 Å². The molecule has 9 unspecified atom stereocenters. The van der Waals surface area contributed by atoms with Crippen molar-refractivity contribution in [3.63, 3.8) is 0 Å². The van der Waals surface area contributed by atoms with Gasteiger partial charge in [-0.05, 0) is 108 Å². The summed E-state index contributed by atoms with van der Waals surface area (Å²) in [4.78, 5) is 125. The molecule has 0 saturated carbocycles. The van der Waals surface area contributed by atoms with Crippen LogP contribution in [0.3, 0.4) is 0 Å². The maximum atomic E-state index is 14.3. The van der Waals surface area contributed by atoms with Gasteiger partial charge in [0.2, 0.25) is 53.2 Å². The first-order valence-electron chi connectivity index (χ1n) is 25.6. The minimum Gasteiger partial charge on any atom is -0.393 e. The lowest BCUT2D eigenvalue weighted by Gasteiger charge is -2.29. The number of rotatable bonds is 24. The molecule has 9 amide bonds.